The summed E-state index contributed by atoms with van der Waals surface area (Å²) in [5.41, 5.74) is 3.20. The van der Waals surface area contributed by atoms with Crippen LogP contribution in [0.5, 0.6) is 11.5 Å². The van der Waals surface area contributed by atoms with Crippen LogP contribution in [-0.2, 0) is 4.79 Å². The van der Waals surface area contributed by atoms with Gasteiger partial charge in [-0.15, -0.1) is 0 Å². The Balaban J connectivity index is 1.94. The van der Waals surface area contributed by atoms with Crippen molar-refractivity contribution in [2.24, 2.45) is 5.10 Å². The zero-order chi connectivity index (χ0) is 17.5. The van der Waals surface area contributed by atoms with Crippen molar-refractivity contribution in [3.05, 3.63) is 57.0 Å². The van der Waals surface area contributed by atoms with Gasteiger partial charge in [-0.25, -0.2) is 5.43 Å². The van der Waals surface area contributed by atoms with Gasteiger partial charge in [-0.2, -0.15) is 5.10 Å². The number of benzene rings is 2. The molecule has 5 nitrogen and oxygen atoms in total. The molecule has 2 rings (SSSR count). The first-order valence-corrected chi connectivity index (χ1v) is 8.67. The molecule has 0 saturated carbocycles. The Hall–Kier alpha value is -1.86. The average molecular weight is 456 g/mol. The molecular formula is C17H16Br2N2O3. The van der Waals surface area contributed by atoms with Crippen LogP contribution in [0.4, 0.5) is 0 Å². The molecule has 2 aromatic rings. The maximum Gasteiger partial charge on any atom is 0.280 e. The fourth-order valence-corrected chi connectivity index (χ4v) is 2.48. The number of amides is 1. The van der Waals surface area contributed by atoms with Crippen molar-refractivity contribution in [3.63, 3.8) is 0 Å². The van der Waals surface area contributed by atoms with Gasteiger partial charge >= 0.3 is 0 Å². The number of nitrogens with one attached hydrogen (secondary N) is 1. The molecule has 0 saturated heterocycles. The van der Waals surface area contributed by atoms with Crippen molar-refractivity contribution in [2.45, 2.75) is 13.0 Å². The van der Waals surface area contributed by atoms with Crippen LogP contribution in [0.1, 0.15) is 12.5 Å². The number of carbonyl (C=O) groups is 1. The highest BCUT2D eigenvalue weighted by molar-refractivity contribution is 9.10. The van der Waals surface area contributed by atoms with Crippen molar-refractivity contribution in [3.8, 4) is 11.5 Å². The molecule has 126 valence electrons. The molecule has 0 aliphatic rings. The molecule has 1 N–H and O–H groups in total. The topological polar surface area (TPSA) is 59.9 Å². The summed E-state index contributed by atoms with van der Waals surface area (Å²) >= 11 is 6.73. The molecule has 1 unspecified atom stereocenters. The lowest BCUT2D eigenvalue weighted by Crippen LogP contribution is -2.33. The minimum Gasteiger partial charge on any atom is -0.496 e. The molecule has 0 fully saturated rings. The Kier molecular flexibility index (Phi) is 6.81. The van der Waals surface area contributed by atoms with Gasteiger partial charge in [0.1, 0.15) is 11.5 Å². The monoisotopic (exact) mass is 454 g/mol. The van der Waals surface area contributed by atoms with Crippen molar-refractivity contribution >= 4 is 44.0 Å². The minimum atomic E-state index is -0.673. The van der Waals surface area contributed by atoms with Crippen molar-refractivity contribution < 1.29 is 14.3 Å². The fourth-order valence-electron chi connectivity index (χ4n) is 1.83. The van der Waals surface area contributed by atoms with Crippen LogP contribution in [0.2, 0.25) is 0 Å². The van der Waals surface area contributed by atoms with E-state index >= 15 is 0 Å². The molecule has 0 bridgehead atoms. The SMILES string of the molecule is COc1ccc(Br)cc1/C=N/NC(=O)C(C)Oc1ccc(Br)cc1. The van der Waals surface area contributed by atoms with E-state index < -0.39 is 6.10 Å². The van der Waals surface area contributed by atoms with Crippen molar-refractivity contribution in [1.82, 2.24) is 5.43 Å². The zero-order valence-electron chi connectivity index (χ0n) is 13.1. The largest absolute Gasteiger partial charge is 0.496 e. The molecule has 0 aromatic heterocycles. The summed E-state index contributed by atoms with van der Waals surface area (Å²) in [4.78, 5) is 12.0. The lowest BCUT2D eigenvalue weighted by atomic mass is 10.2. The van der Waals surface area contributed by atoms with Crippen LogP contribution in [0.15, 0.2) is 56.5 Å². The Labute approximate surface area is 157 Å². The van der Waals surface area contributed by atoms with Crippen LogP contribution in [0, 0.1) is 0 Å². The lowest BCUT2D eigenvalue weighted by molar-refractivity contribution is -0.127. The summed E-state index contributed by atoms with van der Waals surface area (Å²) < 4.78 is 12.6. The van der Waals surface area contributed by atoms with Gasteiger partial charge in [0.2, 0.25) is 0 Å². The van der Waals surface area contributed by atoms with E-state index in [1.807, 2.05) is 30.3 Å². The van der Waals surface area contributed by atoms with Crippen LogP contribution in [0.25, 0.3) is 0 Å². The van der Waals surface area contributed by atoms with Gasteiger partial charge < -0.3 is 9.47 Å². The first-order chi connectivity index (χ1) is 11.5. The molecular weight excluding hydrogens is 440 g/mol. The third-order valence-electron chi connectivity index (χ3n) is 3.07. The third kappa shape index (κ3) is 5.35. The number of methoxy groups -OCH3 is 1. The molecule has 24 heavy (non-hydrogen) atoms. The molecule has 2 aromatic carbocycles. The van der Waals surface area contributed by atoms with Crippen LogP contribution < -0.4 is 14.9 Å². The second kappa shape index (κ2) is 8.84. The quantitative estimate of drug-likeness (QED) is 0.526. The number of halogens is 2. The Morgan fingerprint density at radius 3 is 2.50 bits per heavy atom. The predicted molar refractivity (Wildman–Crippen MR) is 101 cm³/mol. The Morgan fingerprint density at radius 1 is 1.17 bits per heavy atom. The molecule has 0 spiro atoms. The second-order valence-electron chi connectivity index (χ2n) is 4.83. The molecule has 1 amide bonds. The van der Waals surface area contributed by atoms with Gasteiger partial charge in [0, 0.05) is 14.5 Å². The number of nitrogens with zero attached hydrogens (tertiary/aromatic N) is 1. The standard InChI is InChI=1S/C17H16Br2N2O3/c1-11(24-15-6-3-13(18)4-7-15)17(22)21-20-10-12-9-14(19)5-8-16(12)23-2/h3-11H,1-2H3,(H,21,22)/b20-10+. The zero-order valence-corrected chi connectivity index (χ0v) is 16.3. The number of hydrogen-bond donors (Lipinski definition) is 1. The predicted octanol–water partition coefficient (Wildman–Crippen LogP) is 4.14. The summed E-state index contributed by atoms with van der Waals surface area (Å²) in [5.74, 6) is 0.928. The van der Waals surface area contributed by atoms with E-state index in [4.69, 9.17) is 9.47 Å². The summed E-state index contributed by atoms with van der Waals surface area (Å²) in [5, 5.41) is 3.96. The highest BCUT2D eigenvalue weighted by Crippen LogP contribution is 2.21. The average Bonchev–Trinajstić information content (AvgIpc) is 2.57. The van der Waals surface area contributed by atoms with Gasteiger partial charge in [0.25, 0.3) is 5.91 Å². The molecule has 1 atom stereocenters. The second-order valence-corrected chi connectivity index (χ2v) is 6.67. The molecule has 0 radical (unpaired) electrons. The molecule has 0 aliphatic heterocycles. The highest BCUT2D eigenvalue weighted by Gasteiger charge is 2.13. The Bertz CT molecular complexity index is 733. The van der Waals surface area contributed by atoms with Crippen LogP contribution >= 0.6 is 31.9 Å². The Morgan fingerprint density at radius 2 is 1.83 bits per heavy atom. The fraction of sp³-hybridized carbons (Fsp3) is 0.176. The minimum absolute atomic E-state index is 0.344. The summed E-state index contributed by atoms with van der Waals surface area (Å²) in [7, 11) is 1.58. The van der Waals surface area contributed by atoms with E-state index in [0.29, 0.717) is 11.5 Å². The number of carbonyl (C=O) groups excluding carboxylic acids is 1. The smallest absolute Gasteiger partial charge is 0.280 e. The van der Waals surface area contributed by atoms with Crippen LogP contribution in [0.3, 0.4) is 0 Å². The van der Waals surface area contributed by atoms with E-state index in [-0.39, 0.29) is 5.91 Å². The van der Waals surface area contributed by atoms with E-state index in [1.54, 1.807) is 26.2 Å². The number of ether oxygens (including phenoxy) is 2. The van der Waals surface area contributed by atoms with Crippen molar-refractivity contribution in [1.29, 1.82) is 0 Å². The maximum absolute atomic E-state index is 12.0. The van der Waals surface area contributed by atoms with Gasteiger partial charge in [0.05, 0.1) is 13.3 Å². The number of rotatable bonds is 6. The van der Waals surface area contributed by atoms with Gasteiger partial charge in [-0.05, 0) is 49.4 Å². The first kappa shape index (κ1) is 18.5. The number of hydrogen-bond acceptors (Lipinski definition) is 4. The summed E-state index contributed by atoms with van der Waals surface area (Å²) in [6, 6.07) is 12.8. The normalized spacial score (nSPS) is 12.0. The van der Waals surface area contributed by atoms with Crippen molar-refractivity contribution in [2.75, 3.05) is 7.11 Å². The van der Waals surface area contributed by atoms with E-state index in [0.717, 1.165) is 14.5 Å². The van der Waals surface area contributed by atoms with E-state index in [9.17, 15) is 4.79 Å². The summed E-state index contributed by atoms with van der Waals surface area (Å²) in [6.07, 6.45) is 0.848. The van der Waals surface area contributed by atoms with Gasteiger partial charge in [0.15, 0.2) is 6.10 Å². The highest BCUT2D eigenvalue weighted by atomic mass is 79.9. The lowest BCUT2D eigenvalue weighted by Gasteiger charge is -2.12. The third-order valence-corrected chi connectivity index (χ3v) is 4.09. The number of hydrazone groups is 1. The molecule has 7 heteroatoms. The van der Waals surface area contributed by atoms with Gasteiger partial charge in [-0.3, -0.25) is 4.79 Å². The van der Waals surface area contributed by atoms with E-state index in [1.165, 1.54) is 6.21 Å². The van der Waals surface area contributed by atoms with E-state index in [2.05, 4.69) is 42.4 Å². The van der Waals surface area contributed by atoms with Gasteiger partial charge in [-0.1, -0.05) is 31.9 Å². The summed E-state index contributed by atoms with van der Waals surface area (Å²) in [6.45, 7) is 1.66. The molecule has 0 heterocycles. The maximum atomic E-state index is 12.0. The first-order valence-electron chi connectivity index (χ1n) is 7.08. The molecule has 0 aliphatic carbocycles. The van der Waals surface area contributed by atoms with Crippen LogP contribution in [-0.4, -0.2) is 25.3 Å².